The van der Waals surface area contributed by atoms with E-state index in [1.54, 1.807) is 30.5 Å². The van der Waals surface area contributed by atoms with Crippen molar-refractivity contribution in [2.75, 3.05) is 11.1 Å². The molecule has 0 unspecified atom stereocenters. The number of hydrogen-bond donors (Lipinski definition) is 2. The Morgan fingerprint density at radius 2 is 2.04 bits per heavy atom. The van der Waals surface area contributed by atoms with Gasteiger partial charge in [-0.1, -0.05) is 40.1 Å². The van der Waals surface area contributed by atoms with Crippen molar-refractivity contribution in [1.29, 1.82) is 0 Å². The summed E-state index contributed by atoms with van der Waals surface area (Å²) in [4.78, 5) is 16.9. The Hall–Kier alpha value is -2.22. The first kappa shape index (κ1) is 18.6. The van der Waals surface area contributed by atoms with Crippen LogP contribution < -0.4 is 11.1 Å². The first-order chi connectivity index (χ1) is 12.4. The van der Waals surface area contributed by atoms with E-state index in [4.69, 9.17) is 33.5 Å². The highest BCUT2D eigenvalue weighted by atomic mass is 35.5. The first-order valence-electron chi connectivity index (χ1n) is 7.50. The molecule has 0 aliphatic heterocycles. The van der Waals surface area contributed by atoms with Gasteiger partial charge in [0.2, 0.25) is 0 Å². The molecule has 0 radical (unpaired) electrons. The van der Waals surface area contributed by atoms with E-state index in [1.165, 1.54) is 11.8 Å². The Labute approximate surface area is 164 Å². The summed E-state index contributed by atoms with van der Waals surface area (Å²) >= 11 is 13.4. The molecule has 0 saturated carbocycles. The predicted octanol–water partition coefficient (Wildman–Crippen LogP) is 4.81. The number of nitrogens with two attached hydrogens (primary N) is 1. The second-order valence-corrected chi connectivity index (χ2v) is 7.16. The lowest BCUT2D eigenvalue weighted by molar-refractivity contribution is 0.102. The Bertz CT molecular complexity index is 938. The second kappa shape index (κ2) is 7.99. The van der Waals surface area contributed by atoms with Gasteiger partial charge in [-0.3, -0.25) is 4.79 Å². The molecular weight excluding hydrogens is 395 g/mol. The summed E-state index contributed by atoms with van der Waals surface area (Å²) in [5, 5.41) is 7.82. The van der Waals surface area contributed by atoms with Crippen molar-refractivity contribution in [3.05, 3.63) is 63.6 Å². The number of nitrogen functional groups attached to an aromatic ring is 1. The summed E-state index contributed by atoms with van der Waals surface area (Å²) in [6.07, 6.45) is 1.63. The Morgan fingerprint density at radius 1 is 1.31 bits per heavy atom. The van der Waals surface area contributed by atoms with Crippen molar-refractivity contribution in [3.63, 3.8) is 0 Å². The minimum Gasteiger partial charge on any atom is -0.396 e. The third-order valence-electron chi connectivity index (χ3n) is 3.39. The van der Waals surface area contributed by atoms with E-state index < -0.39 is 0 Å². The summed E-state index contributed by atoms with van der Waals surface area (Å²) in [6, 6.07) is 8.32. The maximum atomic E-state index is 12.6. The lowest BCUT2D eigenvalue weighted by Crippen LogP contribution is -2.14. The van der Waals surface area contributed by atoms with Gasteiger partial charge in [0.05, 0.1) is 27.0 Å². The molecule has 9 heteroatoms. The Kier molecular flexibility index (Phi) is 5.70. The third-order valence-corrected chi connectivity index (χ3v) is 5.05. The molecule has 134 valence electrons. The summed E-state index contributed by atoms with van der Waals surface area (Å²) in [5.74, 6) is 0.944. The molecule has 2 aromatic heterocycles. The summed E-state index contributed by atoms with van der Waals surface area (Å²) < 4.78 is 5.04. The molecule has 0 aliphatic carbocycles. The van der Waals surface area contributed by atoms with E-state index in [0.29, 0.717) is 22.0 Å². The lowest BCUT2D eigenvalue weighted by Gasteiger charge is -2.10. The van der Waals surface area contributed by atoms with Gasteiger partial charge in [0, 0.05) is 23.7 Å². The topological polar surface area (TPSA) is 94.0 Å². The molecular formula is C17H14Cl2N4O2S. The van der Waals surface area contributed by atoms with Crippen LogP contribution in [0.1, 0.15) is 21.8 Å². The molecule has 1 amide bonds. The van der Waals surface area contributed by atoms with Gasteiger partial charge in [-0.15, -0.1) is 0 Å². The molecule has 26 heavy (non-hydrogen) atoms. The smallest absolute Gasteiger partial charge is 0.258 e. The average Bonchev–Trinajstić information content (AvgIpc) is 3.03. The minimum atomic E-state index is -0.325. The number of nitrogens with one attached hydrogen (secondary N) is 1. The zero-order valence-electron chi connectivity index (χ0n) is 13.6. The van der Waals surface area contributed by atoms with Gasteiger partial charge < -0.3 is 15.6 Å². The van der Waals surface area contributed by atoms with Crippen molar-refractivity contribution < 1.29 is 9.32 Å². The van der Waals surface area contributed by atoms with Crippen LogP contribution in [0.4, 0.5) is 11.4 Å². The number of aromatic nitrogens is 2. The molecule has 0 spiro atoms. The second-order valence-electron chi connectivity index (χ2n) is 5.38. The average molecular weight is 409 g/mol. The van der Waals surface area contributed by atoms with E-state index in [9.17, 15) is 4.79 Å². The summed E-state index contributed by atoms with van der Waals surface area (Å²) in [6.45, 7) is 1.82. The lowest BCUT2D eigenvalue weighted by atomic mass is 10.2. The molecule has 0 fully saturated rings. The fourth-order valence-corrected chi connectivity index (χ4v) is 3.52. The maximum absolute atomic E-state index is 12.6. The van der Waals surface area contributed by atoms with E-state index in [1.807, 2.05) is 13.0 Å². The highest BCUT2D eigenvalue weighted by Crippen LogP contribution is 2.32. The number of halogens is 2. The van der Waals surface area contributed by atoms with E-state index in [0.717, 1.165) is 11.5 Å². The van der Waals surface area contributed by atoms with Gasteiger partial charge >= 0.3 is 0 Å². The van der Waals surface area contributed by atoms with Crippen LogP contribution in [0, 0.1) is 6.92 Å². The first-order valence-corrected chi connectivity index (χ1v) is 9.24. The van der Waals surface area contributed by atoms with Crippen LogP contribution in [0.25, 0.3) is 0 Å². The van der Waals surface area contributed by atoms with E-state index in [-0.39, 0.29) is 21.6 Å². The van der Waals surface area contributed by atoms with Gasteiger partial charge in [0.1, 0.15) is 10.8 Å². The number of nitrogens with zero attached hydrogens (tertiary/aromatic N) is 2. The predicted molar refractivity (Wildman–Crippen MR) is 104 cm³/mol. The van der Waals surface area contributed by atoms with Gasteiger partial charge in [0.15, 0.2) is 0 Å². The summed E-state index contributed by atoms with van der Waals surface area (Å²) in [7, 11) is 0. The molecule has 2 heterocycles. The Balaban J connectivity index is 1.77. The van der Waals surface area contributed by atoms with Crippen molar-refractivity contribution >= 4 is 52.2 Å². The SMILES string of the molecule is Cc1cc(CSc2ncccc2C(=O)Nc2cc(Cl)c(N)c(Cl)c2)no1. The van der Waals surface area contributed by atoms with Crippen molar-refractivity contribution in [2.45, 2.75) is 17.7 Å². The monoisotopic (exact) mass is 408 g/mol. The van der Waals surface area contributed by atoms with Crippen LogP contribution in [0.2, 0.25) is 10.0 Å². The van der Waals surface area contributed by atoms with Gasteiger partial charge in [-0.25, -0.2) is 4.98 Å². The molecule has 3 aromatic rings. The van der Waals surface area contributed by atoms with Gasteiger partial charge in [0.25, 0.3) is 5.91 Å². The zero-order chi connectivity index (χ0) is 18.7. The van der Waals surface area contributed by atoms with Crippen LogP contribution >= 0.6 is 35.0 Å². The van der Waals surface area contributed by atoms with Crippen LogP contribution in [-0.4, -0.2) is 16.0 Å². The van der Waals surface area contributed by atoms with Gasteiger partial charge in [-0.2, -0.15) is 0 Å². The Morgan fingerprint density at radius 3 is 2.69 bits per heavy atom. The largest absolute Gasteiger partial charge is 0.396 e. The summed E-state index contributed by atoms with van der Waals surface area (Å²) in [5.41, 5.74) is 7.64. The number of pyridine rings is 1. The maximum Gasteiger partial charge on any atom is 0.258 e. The third kappa shape index (κ3) is 4.30. The molecule has 6 nitrogen and oxygen atoms in total. The molecule has 1 aromatic carbocycles. The minimum absolute atomic E-state index is 0.270. The fourth-order valence-electron chi connectivity index (χ4n) is 2.16. The highest BCUT2D eigenvalue weighted by Gasteiger charge is 2.15. The molecule has 3 N–H and O–H groups in total. The molecule has 3 rings (SSSR count). The normalized spacial score (nSPS) is 10.7. The van der Waals surface area contributed by atoms with Crippen LogP contribution in [0.15, 0.2) is 46.1 Å². The quantitative estimate of drug-likeness (QED) is 0.464. The van der Waals surface area contributed by atoms with E-state index in [2.05, 4.69) is 15.5 Å². The number of rotatable bonds is 5. The van der Waals surface area contributed by atoms with Crippen molar-refractivity contribution in [3.8, 4) is 0 Å². The van der Waals surface area contributed by atoms with Crippen LogP contribution in [0.3, 0.4) is 0 Å². The number of carbonyl (C=O) groups is 1. The number of hydrogen-bond acceptors (Lipinski definition) is 6. The number of carbonyl (C=O) groups excluding carboxylic acids is 1. The zero-order valence-corrected chi connectivity index (χ0v) is 16.0. The highest BCUT2D eigenvalue weighted by molar-refractivity contribution is 7.98. The molecule has 0 atom stereocenters. The molecule has 0 bridgehead atoms. The standard InChI is InChI=1S/C17H14Cl2N4O2S/c1-9-5-11(23-25-9)8-26-17-12(3-2-4-21-17)16(24)22-10-6-13(18)15(20)14(19)7-10/h2-7H,8,20H2,1H3,(H,22,24). The number of anilines is 2. The molecule has 0 aliphatic rings. The van der Waals surface area contributed by atoms with Crippen molar-refractivity contribution in [1.82, 2.24) is 10.1 Å². The number of benzene rings is 1. The fraction of sp³-hybridized carbons (Fsp3) is 0.118. The number of amides is 1. The van der Waals surface area contributed by atoms with Crippen molar-refractivity contribution in [2.24, 2.45) is 0 Å². The van der Waals surface area contributed by atoms with E-state index >= 15 is 0 Å². The van der Waals surface area contributed by atoms with Gasteiger partial charge in [-0.05, 0) is 31.2 Å². The van der Waals surface area contributed by atoms with Crippen LogP contribution in [-0.2, 0) is 5.75 Å². The van der Waals surface area contributed by atoms with Crippen LogP contribution in [0.5, 0.6) is 0 Å². The number of thioether (sulfide) groups is 1. The number of aryl methyl sites for hydroxylation is 1. The molecule has 0 saturated heterocycles.